The zero-order valence-corrected chi connectivity index (χ0v) is 27.3. The summed E-state index contributed by atoms with van der Waals surface area (Å²) in [6.45, 7) is 0. The van der Waals surface area contributed by atoms with Gasteiger partial charge in [0.2, 0.25) is 0 Å². The van der Waals surface area contributed by atoms with Gasteiger partial charge in [-0.3, -0.25) is 0 Å². The van der Waals surface area contributed by atoms with Crippen molar-refractivity contribution in [1.29, 1.82) is 0 Å². The zero-order chi connectivity index (χ0) is 33.0. The van der Waals surface area contributed by atoms with Crippen molar-refractivity contribution in [3.05, 3.63) is 188 Å². The fraction of sp³-hybridized carbons (Fsp3) is 0. The third-order valence-electron chi connectivity index (χ3n) is 10.0. The molecule has 50 heavy (non-hydrogen) atoms. The van der Waals surface area contributed by atoms with E-state index in [-0.39, 0.29) is 0 Å². The maximum atomic E-state index is 6.92. The van der Waals surface area contributed by atoms with Gasteiger partial charge in [0.1, 0.15) is 11.2 Å². The minimum atomic E-state index is 0.862. The van der Waals surface area contributed by atoms with Gasteiger partial charge in [0.25, 0.3) is 0 Å². The standard InChI is InChI=1S/C48H31NO/c1-3-13-32(14-4-1)33-23-25-37(26-24-33)49(45-30-36-18-7-9-19-39(36)41-21-11-12-22-42(41)45)38-27-28-43-44-29-35-17-8-10-20-40(35)47(34-15-5-2-6-16-34)48(44)50-46(43)31-38/h1-31H. The lowest BCUT2D eigenvalue weighted by molar-refractivity contribution is 0.670. The van der Waals surface area contributed by atoms with Crippen LogP contribution < -0.4 is 4.90 Å². The van der Waals surface area contributed by atoms with Crippen molar-refractivity contribution < 1.29 is 4.42 Å². The molecule has 10 aromatic rings. The van der Waals surface area contributed by atoms with E-state index in [4.69, 9.17) is 4.42 Å². The van der Waals surface area contributed by atoms with E-state index in [0.717, 1.165) is 50.1 Å². The first-order chi connectivity index (χ1) is 24.8. The SMILES string of the molecule is c1ccc(-c2ccc(N(c3ccc4c(c3)oc3c(-c5ccccc5)c5ccccc5cc34)c3cc4ccccc4c4ccccc34)cc2)cc1. The smallest absolute Gasteiger partial charge is 0.143 e. The zero-order valence-electron chi connectivity index (χ0n) is 27.3. The third kappa shape index (κ3) is 4.57. The fourth-order valence-electron chi connectivity index (χ4n) is 7.67. The molecule has 0 fully saturated rings. The van der Waals surface area contributed by atoms with Gasteiger partial charge < -0.3 is 9.32 Å². The predicted molar refractivity (Wildman–Crippen MR) is 212 cm³/mol. The molecule has 1 heterocycles. The van der Waals surface area contributed by atoms with Crippen LogP contribution in [0.5, 0.6) is 0 Å². The van der Waals surface area contributed by atoms with Crippen LogP contribution in [0, 0.1) is 0 Å². The minimum Gasteiger partial charge on any atom is -0.455 e. The Morgan fingerprint density at radius 2 is 0.900 bits per heavy atom. The van der Waals surface area contributed by atoms with E-state index in [9.17, 15) is 0 Å². The van der Waals surface area contributed by atoms with Crippen LogP contribution >= 0.6 is 0 Å². The Labute approximate surface area is 290 Å². The Morgan fingerprint density at radius 3 is 1.64 bits per heavy atom. The highest BCUT2D eigenvalue weighted by Crippen LogP contribution is 2.46. The molecule has 0 aliphatic rings. The van der Waals surface area contributed by atoms with Crippen LogP contribution in [0.2, 0.25) is 0 Å². The quantitative estimate of drug-likeness (QED) is 0.175. The van der Waals surface area contributed by atoms with Gasteiger partial charge in [0.15, 0.2) is 0 Å². The van der Waals surface area contributed by atoms with Crippen molar-refractivity contribution in [3.8, 4) is 22.3 Å². The average Bonchev–Trinajstić information content (AvgIpc) is 3.55. The van der Waals surface area contributed by atoms with Crippen molar-refractivity contribution in [1.82, 2.24) is 0 Å². The van der Waals surface area contributed by atoms with Gasteiger partial charge in [-0.05, 0) is 80.0 Å². The number of benzene rings is 9. The van der Waals surface area contributed by atoms with E-state index >= 15 is 0 Å². The lowest BCUT2D eigenvalue weighted by Crippen LogP contribution is -2.10. The summed E-state index contributed by atoms with van der Waals surface area (Å²) in [5, 5.41) is 9.50. The first kappa shape index (κ1) is 28.4. The van der Waals surface area contributed by atoms with Gasteiger partial charge in [-0.2, -0.15) is 0 Å². The maximum absolute atomic E-state index is 6.92. The molecule has 0 aliphatic carbocycles. The number of hydrogen-bond acceptors (Lipinski definition) is 2. The number of anilines is 3. The lowest BCUT2D eigenvalue weighted by atomic mass is 9.95. The largest absolute Gasteiger partial charge is 0.455 e. The molecule has 0 aliphatic heterocycles. The molecular weight excluding hydrogens is 607 g/mol. The topological polar surface area (TPSA) is 16.4 Å². The van der Waals surface area contributed by atoms with Gasteiger partial charge in [-0.25, -0.2) is 0 Å². The van der Waals surface area contributed by atoms with E-state index in [2.05, 4.69) is 193 Å². The van der Waals surface area contributed by atoms with E-state index in [0.29, 0.717) is 0 Å². The lowest BCUT2D eigenvalue weighted by Gasteiger charge is -2.27. The Morgan fingerprint density at radius 1 is 0.340 bits per heavy atom. The summed E-state index contributed by atoms with van der Waals surface area (Å²) in [6, 6.07) is 67.4. The maximum Gasteiger partial charge on any atom is 0.143 e. The van der Waals surface area contributed by atoms with Crippen LogP contribution in [-0.4, -0.2) is 0 Å². The van der Waals surface area contributed by atoms with E-state index in [1.165, 1.54) is 43.4 Å². The Hall–Kier alpha value is -6.64. The van der Waals surface area contributed by atoms with Crippen LogP contribution in [0.1, 0.15) is 0 Å². The molecule has 2 nitrogen and oxygen atoms in total. The molecule has 0 unspecified atom stereocenters. The highest BCUT2D eigenvalue weighted by Gasteiger charge is 2.21. The van der Waals surface area contributed by atoms with Crippen LogP contribution in [-0.2, 0) is 0 Å². The van der Waals surface area contributed by atoms with Gasteiger partial charge in [-0.1, -0.05) is 146 Å². The molecule has 0 saturated heterocycles. The van der Waals surface area contributed by atoms with Crippen molar-refractivity contribution >= 4 is 71.3 Å². The molecule has 0 atom stereocenters. The van der Waals surface area contributed by atoms with Gasteiger partial charge in [0, 0.05) is 39.2 Å². The number of fused-ring (bicyclic) bond motifs is 7. The number of hydrogen-bond donors (Lipinski definition) is 0. The molecule has 0 radical (unpaired) electrons. The molecule has 0 bridgehead atoms. The molecule has 234 valence electrons. The second kappa shape index (κ2) is 11.5. The van der Waals surface area contributed by atoms with Crippen LogP contribution in [0.3, 0.4) is 0 Å². The van der Waals surface area contributed by atoms with Gasteiger partial charge >= 0.3 is 0 Å². The summed E-state index contributed by atoms with van der Waals surface area (Å²) in [5.41, 5.74) is 9.68. The van der Waals surface area contributed by atoms with Crippen molar-refractivity contribution in [2.45, 2.75) is 0 Å². The van der Waals surface area contributed by atoms with Crippen LogP contribution in [0.4, 0.5) is 17.1 Å². The molecule has 0 amide bonds. The molecule has 10 rings (SSSR count). The van der Waals surface area contributed by atoms with Crippen LogP contribution in [0.15, 0.2) is 192 Å². The van der Waals surface area contributed by atoms with Gasteiger partial charge in [0.05, 0.1) is 5.69 Å². The Bertz CT molecular complexity index is 2850. The molecule has 0 saturated carbocycles. The molecule has 9 aromatic carbocycles. The monoisotopic (exact) mass is 637 g/mol. The Balaban J connectivity index is 1.23. The first-order valence-electron chi connectivity index (χ1n) is 17.1. The van der Waals surface area contributed by atoms with Crippen molar-refractivity contribution in [2.75, 3.05) is 4.90 Å². The summed E-state index contributed by atoms with van der Waals surface area (Å²) in [7, 11) is 0. The highest BCUT2D eigenvalue weighted by molar-refractivity contribution is 6.19. The Kier molecular flexibility index (Phi) is 6.53. The molecule has 1 aromatic heterocycles. The molecular formula is C48H31NO. The number of furan rings is 1. The second-order valence-corrected chi connectivity index (χ2v) is 12.9. The first-order valence-corrected chi connectivity index (χ1v) is 17.1. The van der Waals surface area contributed by atoms with E-state index in [1.807, 2.05) is 0 Å². The molecule has 0 N–H and O–H groups in total. The summed E-state index contributed by atoms with van der Waals surface area (Å²) in [5.74, 6) is 0. The van der Waals surface area contributed by atoms with Gasteiger partial charge in [-0.15, -0.1) is 0 Å². The fourth-order valence-corrected chi connectivity index (χ4v) is 7.67. The van der Waals surface area contributed by atoms with E-state index in [1.54, 1.807) is 0 Å². The summed E-state index contributed by atoms with van der Waals surface area (Å²) in [4.78, 5) is 2.38. The molecule has 2 heteroatoms. The van der Waals surface area contributed by atoms with E-state index < -0.39 is 0 Å². The highest BCUT2D eigenvalue weighted by atomic mass is 16.3. The predicted octanol–water partition coefficient (Wildman–Crippen LogP) is 13.8. The molecule has 0 spiro atoms. The number of rotatable bonds is 5. The number of nitrogens with zero attached hydrogens (tertiary/aromatic N) is 1. The minimum absolute atomic E-state index is 0.862. The third-order valence-corrected chi connectivity index (χ3v) is 10.0. The van der Waals surface area contributed by atoms with Crippen LogP contribution in [0.25, 0.3) is 76.5 Å². The normalized spacial score (nSPS) is 11.6. The van der Waals surface area contributed by atoms with Crippen molar-refractivity contribution in [3.63, 3.8) is 0 Å². The second-order valence-electron chi connectivity index (χ2n) is 12.9. The summed E-state index contributed by atoms with van der Waals surface area (Å²) in [6.07, 6.45) is 0. The average molecular weight is 638 g/mol. The summed E-state index contributed by atoms with van der Waals surface area (Å²) >= 11 is 0. The summed E-state index contributed by atoms with van der Waals surface area (Å²) < 4.78 is 6.92. The van der Waals surface area contributed by atoms with Crippen molar-refractivity contribution in [2.24, 2.45) is 0 Å².